The topological polar surface area (TPSA) is 80.0 Å². The summed E-state index contributed by atoms with van der Waals surface area (Å²) in [4.78, 5) is 27.5. The molecule has 1 fully saturated rings. The van der Waals surface area contributed by atoms with E-state index in [1.165, 1.54) is 23.1 Å². The maximum atomic E-state index is 13.1. The molecule has 0 saturated carbocycles. The molecule has 32 heavy (non-hydrogen) atoms. The van der Waals surface area contributed by atoms with Crippen molar-refractivity contribution >= 4 is 46.3 Å². The van der Waals surface area contributed by atoms with Gasteiger partial charge in [-0.3, -0.25) is 14.5 Å². The third-order valence-corrected chi connectivity index (χ3v) is 5.81. The van der Waals surface area contributed by atoms with Crippen LogP contribution in [0.5, 0.6) is 5.75 Å². The van der Waals surface area contributed by atoms with Crippen molar-refractivity contribution in [3.63, 3.8) is 0 Å². The van der Waals surface area contributed by atoms with Crippen molar-refractivity contribution in [3.05, 3.63) is 87.3 Å². The summed E-state index contributed by atoms with van der Waals surface area (Å²) in [6.07, 6.45) is 0. The number of aliphatic hydroxyl groups is 1. The molecule has 3 aromatic rings. The molecule has 1 amide bonds. The van der Waals surface area contributed by atoms with E-state index in [1.807, 2.05) is 6.92 Å². The number of aryl methyl sites for hydroxylation is 1. The zero-order valence-electron chi connectivity index (χ0n) is 17.3. The zero-order valence-corrected chi connectivity index (χ0v) is 18.8. The molecule has 1 unspecified atom stereocenters. The number of benzene rings is 2. The van der Waals surface area contributed by atoms with Gasteiger partial charge in [-0.2, -0.15) is 0 Å². The number of ether oxygens (including phenoxy) is 1. The fraction of sp³-hybridized carbons (Fsp3) is 0.167. The predicted octanol–water partition coefficient (Wildman–Crippen LogP) is 5.92. The second kappa shape index (κ2) is 8.73. The van der Waals surface area contributed by atoms with Gasteiger partial charge in [-0.15, -0.1) is 0 Å². The van der Waals surface area contributed by atoms with Gasteiger partial charge in [-0.05, 0) is 56.3 Å². The third-order valence-electron chi connectivity index (χ3n) is 5.07. The molecule has 1 aliphatic rings. The Morgan fingerprint density at radius 2 is 1.88 bits per heavy atom. The number of hydrogen-bond acceptors (Lipinski definition) is 5. The molecule has 4 rings (SSSR count). The van der Waals surface area contributed by atoms with Crippen molar-refractivity contribution in [2.24, 2.45) is 0 Å². The van der Waals surface area contributed by atoms with E-state index >= 15 is 0 Å². The van der Waals surface area contributed by atoms with Crippen LogP contribution in [-0.4, -0.2) is 23.4 Å². The molecule has 0 aliphatic carbocycles. The van der Waals surface area contributed by atoms with Gasteiger partial charge in [-0.1, -0.05) is 29.3 Å². The molecule has 1 aliphatic heterocycles. The van der Waals surface area contributed by atoms with Gasteiger partial charge in [0.15, 0.2) is 0 Å². The number of amides is 1. The Kier molecular flexibility index (Phi) is 6.00. The monoisotopic (exact) mass is 471 g/mol. The molecule has 2 aromatic carbocycles. The fourth-order valence-corrected chi connectivity index (χ4v) is 3.96. The van der Waals surface area contributed by atoms with E-state index < -0.39 is 17.7 Å². The maximum Gasteiger partial charge on any atom is 0.300 e. The van der Waals surface area contributed by atoms with E-state index in [1.54, 1.807) is 43.3 Å². The molecule has 1 atom stereocenters. The molecule has 2 heterocycles. The van der Waals surface area contributed by atoms with Gasteiger partial charge in [0.1, 0.15) is 29.1 Å². The van der Waals surface area contributed by atoms with Gasteiger partial charge < -0.3 is 14.3 Å². The number of halogens is 2. The summed E-state index contributed by atoms with van der Waals surface area (Å²) in [5.74, 6) is -0.516. The van der Waals surface area contributed by atoms with E-state index in [0.717, 1.165) is 0 Å². The van der Waals surface area contributed by atoms with E-state index in [4.69, 9.17) is 32.4 Å². The molecule has 1 saturated heterocycles. The van der Waals surface area contributed by atoms with Crippen molar-refractivity contribution < 1.29 is 23.8 Å². The van der Waals surface area contributed by atoms with Crippen LogP contribution in [0, 0.1) is 6.92 Å². The summed E-state index contributed by atoms with van der Waals surface area (Å²) in [6.45, 7) is 4.05. The van der Waals surface area contributed by atoms with Crippen LogP contribution in [-0.2, 0) is 9.59 Å². The lowest BCUT2D eigenvalue weighted by atomic mass is 9.99. The van der Waals surface area contributed by atoms with Crippen LogP contribution in [0.1, 0.15) is 30.0 Å². The molecule has 0 spiro atoms. The molecule has 1 aromatic heterocycles. The predicted molar refractivity (Wildman–Crippen MR) is 122 cm³/mol. The Morgan fingerprint density at radius 3 is 2.53 bits per heavy atom. The van der Waals surface area contributed by atoms with Crippen molar-refractivity contribution in [1.82, 2.24) is 0 Å². The quantitative estimate of drug-likeness (QED) is 0.283. The number of aliphatic hydroxyl groups excluding tert-OH is 1. The summed E-state index contributed by atoms with van der Waals surface area (Å²) in [6, 6.07) is 13.7. The summed E-state index contributed by atoms with van der Waals surface area (Å²) in [5, 5.41) is 11.6. The lowest BCUT2D eigenvalue weighted by Crippen LogP contribution is -2.29. The lowest BCUT2D eigenvalue weighted by molar-refractivity contribution is -0.132. The Morgan fingerprint density at radius 1 is 1.09 bits per heavy atom. The normalized spacial score (nSPS) is 17.8. The molecule has 1 N–H and O–H groups in total. The minimum Gasteiger partial charge on any atom is -0.507 e. The summed E-state index contributed by atoms with van der Waals surface area (Å²) >= 11 is 12.1. The van der Waals surface area contributed by atoms with Crippen molar-refractivity contribution in [1.29, 1.82) is 0 Å². The Balaban J connectivity index is 1.92. The number of Topliss-reactive ketones (excluding diaryl/α,β-unsaturated/α-hetero) is 1. The van der Waals surface area contributed by atoms with Gasteiger partial charge in [0.25, 0.3) is 11.7 Å². The largest absolute Gasteiger partial charge is 0.507 e. The Hall–Kier alpha value is -3.22. The number of carbonyl (C=O) groups is 2. The number of hydrogen-bond donors (Lipinski definition) is 1. The molecule has 0 bridgehead atoms. The summed E-state index contributed by atoms with van der Waals surface area (Å²) in [7, 11) is 0. The van der Waals surface area contributed by atoms with Crippen LogP contribution in [0.4, 0.5) is 5.69 Å². The first-order valence-electron chi connectivity index (χ1n) is 9.87. The summed E-state index contributed by atoms with van der Waals surface area (Å²) < 4.78 is 11.3. The van der Waals surface area contributed by atoms with Crippen LogP contribution in [0.3, 0.4) is 0 Å². The number of ketones is 1. The number of anilines is 1. The van der Waals surface area contributed by atoms with Crippen LogP contribution >= 0.6 is 23.2 Å². The van der Waals surface area contributed by atoms with Gasteiger partial charge in [0.2, 0.25) is 0 Å². The highest BCUT2D eigenvalue weighted by atomic mass is 35.5. The minimum absolute atomic E-state index is 0.107. The molecule has 8 heteroatoms. The highest BCUT2D eigenvalue weighted by Gasteiger charge is 2.48. The van der Waals surface area contributed by atoms with Crippen LogP contribution < -0.4 is 9.64 Å². The average molecular weight is 472 g/mol. The van der Waals surface area contributed by atoms with Gasteiger partial charge in [0, 0.05) is 17.3 Å². The smallest absolute Gasteiger partial charge is 0.300 e. The van der Waals surface area contributed by atoms with Crippen LogP contribution in [0.15, 0.2) is 64.6 Å². The van der Waals surface area contributed by atoms with E-state index in [0.29, 0.717) is 34.6 Å². The zero-order chi connectivity index (χ0) is 23.0. The molecule has 6 nitrogen and oxygen atoms in total. The molecule has 0 radical (unpaired) electrons. The third kappa shape index (κ3) is 3.87. The second-order valence-corrected chi connectivity index (χ2v) is 7.99. The van der Waals surface area contributed by atoms with Gasteiger partial charge in [0.05, 0.1) is 22.2 Å². The first kappa shape index (κ1) is 22.0. The van der Waals surface area contributed by atoms with Gasteiger partial charge in [-0.25, -0.2) is 0 Å². The first-order chi connectivity index (χ1) is 15.3. The molecule has 164 valence electrons. The van der Waals surface area contributed by atoms with Crippen molar-refractivity contribution in [2.75, 3.05) is 11.5 Å². The minimum atomic E-state index is -0.977. The first-order valence-corrected chi connectivity index (χ1v) is 10.6. The van der Waals surface area contributed by atoms with Crippen molar-refractivity contribution in [3.8, 4) is 5.75 Å². The highest BCUT2D eigenvalue weighted by Crippen LogP contribution is 2.43. The van der Waals surface area contributed by atoms with Crippen LogP contribution in [0.25, 0.3) is 5.76 Å². The number of rotatable bonds is 5. The number of furan rings is 1. The van der Waals surface area contributed by atoms with Gasteiger partial charge >= 0.3 is 0 Å². The second-order valence-electron chi connectivity index (χ2n) is 7.18. The Labute approximate surface area is 194 Å². The fourth-order valence-electron chi connectivity index (χ4n) is 3.66. The van der Waals surface area contributed by atoms with E-state index in [9.17, 15) is 14.7 Å². The number of carbonyl (C=O) groups excluding carboxylic acids is 2. The summed E-state index contributed by atoms with van der Waals surface area (Å²) in [5.41, 5.74) is 0.587. The van der Waals surface area contributed by atoms with E-state index in [-0.39, 0.29) is 21.9 Å². The molecular weight excluding hydrogens is 453 g/mol. The highest BCUT2D eigenvalue weighted by molar-refractivity contribution is 6.51. The SMILES string of the molecule is CCOc1cccc(N2C(=O)C(=O)/C(=C(\O)c3ccc(Cl)c(Cl)c3)C2c2ccc(C)o2)c1. The molecular formula is C24H19Cl2NO5. The maximum absolute atomic E-state index is 13.1. The van der Waals surface area contributed by atoms with Crippen LogP contribution in [0.2, 0.25) is 10.0 Å². The van der Waals surface area contributed by atoms with Crippen molar-refractivity contribution in [2.45, 2.75) is 19.9 Å². The number of nitrogens with zero attached hydrogens (tertiary/aromatic N) is 1. The average Bonchev–Trinajstić information content (AvgIpc) is 3.31. The van der Waals surface area contributed by atoms with E-state index in [2.05, 4.69) is 0 Å². The lowest BCUT2D eigenvalue weighted by Gasteiger charge is -2.24. The standard InChI is InChI=1S/C24H19Cl2NO5/c1-3-31-16-6-4-5-15(12-16)27-21(19-10-7-13(2)32-19)20(23(29)24(27)30)22(28)14-8-9-17(25)18(26)11-14/h4-12,21,28H,3H2,1-2H3/b22-20-. The Bertz CT molecular complexity index is 1250.